The van der Waals surface area contributed by atoms with Crippen molar-refractivity contribution in [3.05, 3.63) is 33.8 Å². The molecule has 0 N–H and O–H groups in total. The summed E-state index contributed by atoms with van der Waals surface area (Å²) in [7, 11) is 0. The highest BCUT2D eigenvalue weighted by atomic mass is 35.5. The lowest BCUT2D eigenvalue weighted by atomic mass is 9.94. The van der Waals surface area contributed by atoms with Crippen LogP contribution in [0.2, 0.25) is 5.02 Å². The number of fused-ring (bicyclic) bond motifs is 1. The van der Waals surface area contributed by atoms with Crippen LogP contribution in [0.1, 0.15) is 53.6 Å². The minimum atomic E-state index is 0.229. The van der Waals surface area contributed by atoms with Crippen LogP contribution < -0.4 is 0 Å². The molecule has 0 heterocycles. The van der Waals surface area contributed by atoms with Gasteiger partial charge >= 0.3 is 0 Å². The smallest absolute Gasteiger partial charge is 0.167 e. The van der Waals surface area contributed by atoms with E-state index in [-0.39, 0.29) is 11.7 Å². The molecular formula is C15H17ClO. The second-order valence-corrected chi connectivity index (χ2v) is 5.71. The molecule has 0 bridgehead atoms. The normalized spacial score (nSPS) is 19.6. The number of hydrogen-bond donors (Lipinski definition) is 0. The van der Waals surface area contributed by atoms with Gasteiger partial charge in [0.25, 0.3) is 0 Å². The van der Waals surface area contributed by atoms with Crippen molar-refractivity contribution in [1.29, 1.82) is 0 Å². The zero-order valence-corrected chi connectivity index (χ0v) is 10.7. The van der Waals surface area contributed by atoms with Crippen LogP contribution in [0.3, 0.4) is 0 Å². The minimum absolute atomic E-state index is 0.229. The van der Waals surface area contributed by atoms with Gasteiger partial charge in [0.05, 0.1) is 5.02 Å². The van der Waals surface area contributed by atoms with Gasteiger partial charge in [-0.3, -0.25) is 4.79 Å². The summed E-state index contributed by atoms with van der Waals surface area (Å²) in [5.74, 6) is 0.508. The first-order valence-corrected chi connectivity index (χ1v) is 6.99. The Hall–Kier alpha value is -0.820. The van der Waals surface area contributed by atoms with Gasteiger partial charge in [-0.2, -0.15) is 0 Å². The quantitative estimate of drug-likeness (QED) is 0.717. The fourth-order valence-electron chi connectivity index (χ4n) is 3.19. The number of carbonyl (C=O) groups is 1. The number of Topliss-reactive ketones (excluding diaryl/α,β-unsaturated/α-hetero) is 1. The molecule has 2 aliphatic carbocycles. The summed E-state index contributed by atoms with van der Waals surface area (Å²) in [6.45, 7) is 0. The number of rotatable bonds is 2. The van der Waals surface area contributed by atoms with Gasteiger partial charge in [0.2, 0.25) is 0 Å². The van der Waals surface area contributed by atoms with Crippen molar-refractivity contribution >= 4 is 17.4 Å². The first kappa shape index (κ1) is 11.3. The molecule has 1 aromatic carbocycles. The third kappa shape index (κ3) is 2.01. The van der Waals surface area contributed by atoms with Crippen LogP contribution in [0, 0.1) is 5.92 Å². The molecule has 1 saturated carbocycles. The number of benzene rings is 1. The van der Waals surface area contributed by atoms with Crippen LogP contribution in [-0.2, 0) is 12.8 Å². The molecule has 1 aromatic rings. The topological polar surface area (TPSA) is 17.1 Å². The monoisotopic (exact) mass is 248 g/mol. The molecule has 1 nitrogen and oxygen atoms in total. The average molecular weight is 249 g/mol. The summed E-state index contributed by atoms with van der Waals surface area (Å²) in [6.07, 6.45) is 7.91. The van der Waals surface area contributed by atoms with Gasteiger partial charge in [-0.15, -0.1) is 0 Å². The predicted octanol–water partition coefficient (Wildman–Crippen LogP) is 4.20. The maximum Gasteiger partial charge on any atom is 0.167 e. The van der Waals surface area contributed by atoms with Gasteiger partial charge in [-0.05, 0) is 55.4 Å². The molecule has 0 saturated heterocycles. The molecule has 2 heteroatoms. The highest BCUT2D eigenvalue weighted by molar-refractivity contribution is 6.34. The zero-order chi connectivity index (χ0) is 11.8. The summed E-state index contributed by atoms with van der Waals surface area (Å²) in [4.78, 5) is 12.4. The van der Waals surface area contributed by atoms with E-state index in [1.165, 1.54) is 30.4 Å². The van der Waals surface area contributed by atoms with Crippen LogP contribution in [0.15, 0.2) is 12.1 Å². The lowest BCUT2D eigenvalue weighted by molar-refractivity contribution is 0.0923. The van der Waals surface area contributed by atoms with Gasteiger partial charge < -0.3 is 0 Å². The Bertz CT molecular complexity index is 458. The lowest BCUT2D eigenvalue weighted by Crippen LogP contribution is -2.12. The van der Waals surface area contributed by atoms with Crippen molar-refractivity contribution < 1.29 is 4.79 Å². The second-order valence-electron chi connectivity index (χ2n) is 5.30. The number of hydrogen-bond acceptors (Lipinski definition) is 1. The Morgan fingerprint density at radius 2 is 1.71 bits per heavy atom. The van der Waals surface area contributed by atoms with Gasteiger partial charge in [-0.1, -0.05) is 24.4 Å². The van der Waals surface area contributed by atoms with Crippen LogP contribution in [0.4, 0.5) is 0 Å². The van der Waals surface area contributed by atoms with E-state index in [0.29, 0.717) is 5.02 Å². The van der Waals surface area contributed by atoms with Crippen LogP contribution in [0.5, 0.6) is 0 Å². The van der Waals surface area contributed by atoms with Gasteiger partial charge in [0, 0.05) is 11.5 Å². The van der Waals surface area contributed by atoms with Crippen molar-refractivity contribution in [2.75, 3.05) is 0 Å². The summed E-state index contributed by atoms with van der Waals surface area (Å²) >= 11 is 6.26. The van der Waals surface area contributed by atoms with E-state index in [1.54, 1.807) is 0 Å². The fourth-order valence-corrected chi connectivity index (χ4v) is 3.47. The average Bonchev–Trinajstić information content (AvgIpc) is 2.97. The summed E-state index contributed by atoms with van der Waals surface area (Å²) in [5.41, 5.74) is 3.47. The Kier molecular flexibility index (Phi) is 2.96. The van der Waals surface area contributed by atoms with E-state index < -0.39 is 0 Å². The van der Waals surface area contributed by atoms with E-state index in [0.717, 1.165) is 31.2 Å². The van der Waals surface area contributed by atoms with Crippen molar-refractivity contribution in [2.45, 2.75) is 44.9 Å². The zero-order valence-electron chi connectivity index (χ0n) is 9.97. The SMILES string of the molecule is O=C(c1cc2c(cc1Cl)CCC2)C1CCCC1. The molecule has 0 aliphatic heterocycles. The van der Waals surface area contributed by atoms with E-state index in [9.17, 15) is 4.79 Å². The highest BCUT2D eigenvalue weighted by Crippen LogP contribution is 2.33. The molecule has 0 aromatic heterocycles. The Balaban J connectivity index is 1.94. The number of halogens is 1. The Labute approximate surface area is 107 Å². The van der Waals surface area contributed by atoms with Crippen LogP contribution in [-0.4, -0.2) is 5.78 Å². The summed E-state index contributed by atoms with van der Waals surface area (Å²) in [6, 6.07) is 4.08. The van der Waals surface area contributed by atoms with Gasteiger partial charge in [0.15, 0.2) is 5.78 Å². The van der Waals surface area contributed by atoms with Crippen LogP contribution in [0.25, 0.3) is 0 Å². The number of ketones is 1. The molecule has 0 amide bonds. The molecule has 0 atom stereocenters. The molecule has 0 spiro atoms. The van der Waals surface area contributed by atoms with Gasteiger partial charge in [0.1, 0.15) is 0 Å². The summed E-state index contributed by atoms with van der Waals surface area (Å²) in [5, 5.41) is 0.669. The third-order valence-electron chi connectivity index (χ3n) is 4.17. The van der Waals surface area contributed by atoms with E-state index >= 15 is 0 Å². The van der Waals surface area contributed by atoms with Crippen molar-refractivity contribution in [2.24, 2.45) is 5.92 Å². The highest BCUT2D eigenvalue weighted by Gasteiger charge is 2.26. The first-order chi connectivity index (χ1) is 8.25. The number of carbonyl (C=O) groups excluding carboxylic acids is 1. The van der Waals surface area contributed by atoms with Crippen LogP contribution >= 0.6 is 11.6 Å². The Morgan fingerprint density at radius 3 is 2.41 bits per heavy atom. The fraction of sp³-hybridized carbons (Fsp3) is 0.533. The van der Waals surface area contributed by atoms with Crippen molar-refractivity contribution in [1.82, 2.24) is 0 Å². The van der Waals surface area contributed by atoms with E-state index in [4.69, 9.17) is 11.6 Å². The van der Waals surface area contributed by atoms with Crippen molar-refractivity contribution in [3.63, 3.8) is 0 Å². The first-order valence-electron chi connectivity index (χ1n) is 6.61. The number of aryl methyl sites for hydroxylation is 2. The Morgan fingerprint density at radius 1 is 1.06 bits per heavy atom. The van der Waals surface area contributed by atoms with Crippen molar-refractivity contribution in [3.8, 4) is 0 Å². The maximum atomic E-state index is 12.4. The maximum absolute atomic E-state index is 12.4. The van der Waals surface area contributed by atoms with E-state index in [2.05, 4.69) is 6.07 Å². The van der Waals surface area contributed by atoms with E-state index in [1.807, 2.05) is 6.07 Å². The molecular weight excluding hydrogens is 232 g/mol. The molecule has 3 rings (SSSR count). The predicted molar refractivity (Wildman–Crippen MR) is 69.8 cm³/mol. The molecule has 1 fully saturated rings. The molecule has 0 radical (unpaired) electrons. The second kappa shape index (κ2) is 4.45. The standard InChI is InChI=1S/C15H17ClO/c16-14-9-12-7-3-6-11(12)8-13(14)15(17)10-4-1-2-5-10/h8-10H,1-7H2. The third-order valence-corrected chi connectivity index (χ3v) is 4.49. The van der Waals surface area contributed by atoms with Gasteiger partial charge in [-0.25, -0.2) is 0 Å². The molecule has 0 unspecified atom stereocenters. The molecule has 17 heavy (non-hydrogen) atoms. The minimum Gasteiger partial charge on any atom is -0.294 e. The lowest BCUT2D eigenvalue weighted by Gasteiger charge is -2.11. The molecule has 2 aliphatic rings. The summed E-state index contributed by atoms with van der Waals surface area (Å²) < 4.78 is 0. The molecule has 90 valence electrons. The largest absolute Gasteiger partial charge is 0.294 e.